The summed E-state index contributed by atoms with van der Waals surface area (Å²) in [5, 5.41) is 9.42. The van der Waals surface area contributed by atoms with Gasteiger partial charge in [-0.3, -0.25) is 4.79 Å². The summed E-state index contributed by atoms with van der Waals surface area (Å²) in [5.41, 5.74) is 0. The molecule has 2 rings (SSSR count). The van der Waals surface area contributed by atoms with E-state index >= 15 is 0 Å². The van der Waals surface area contributed by atoms with Crippen molar-refractivity contribution in [3.8, 4) is 0 Å². The second kappa shape index (κ2) is 6.90. The summed E-state index contributed by atoms with van der Waals surface area (Å²) in [7, 11) is -3.43. The number of carboxylic acids is 1. The van der Waals surface area contributed by atoms with Crippen LogP contribution >= 0.6 is 0 Å². The van der Waals surface area contributed by atoms with Crippen LogP contribution in [0.25, 0.3) is 0 Å². The smallest absolute Gasteiger partial charge is 0.322 e. The van der Waals surface area contributed by atoms with Crippen molar-refractivity contribution in [2.45, 2.75) is 23.8 Å². The number of carboxylic acid groups (broad SMARTS) is 1. The van der Waals surface area contributed by atoms with Crippen LogP contribution in [0.1, 0.15) is 12.8 Å². The van der Waals surface area contributed by atoms with Crippen LogP contribution in [-0.2, 0) is 19.6 Å². The van der Waals surface area contributed by atoms with Crippen LogP contribution < -0.4 is 0 Å². The molecular weight excluding hydrogens is 332 g/mol. The number of aliphatic carboxylic acids is 1. The van der Waals surface area contributed by atoms with E-state index in [-0.39, 0.29) is 0 Å². The normalized spacial score (nSPS) is 18.1. The topological polar surface area (TPSA) is 83.9 Å². The lowest BCUT2D eigenvalue weighted by molar-refractivity contribution is -0.144. The van der Waals surface area contributed by atoms with Gasteiger partial charge in [-0.1, -0.05) is 0 Å². The molecule has 1 atom stereocenters. The highest BCUT2D eigenvalue weighted by Gasteiger charge is 2.40. The molecule has 0 bridgehead atoms. The maximum atomic E-state index is 13.8. The molecule has 1 aliphatic heterocycles. The Morgan fingerprint density at radius 3 is 2.52 bits per heavy atom. The van der Waals surface area contributed by atoms with Gasteiger partial charge in [-0.25, -0.2) is 17.2 Å². The number of likely N-dealkylation sites (N-methyl/N-ethyl adjacent to an activating group) is 1. The lowest BCUT2D eigenvalue weighted by Gasteiger charge is -2.33. The molecule has 1 aromatic carbocycles. The van der Waals surface area contributed by atoms with Gasteiger partial charge in [0.25, 0.3) is 0 Å². The molecule has 0 saturated carbocycles. The van der Waals surface area contributed by atoms with Crippen LogP contribution in [0.5, 0.6) is 0 Å². The van der Waals surface area contributed by atoms with Gasteiger partial charge >= 0.3 is 5.97 Å². The maximum Gasteiger partial charge on any atom is 0.322 e. The van der Waals surface area contributed by atoms with Crippen LogP contribution in [0, 0.1) is 17.6 Å². The molecule has 0 radical (unpaired) electrons. The van der Waals surface area contributed by atoms with E-state index in [1.807, 2.05) is 0 Å². The fraction of sp³-hybridized carbons (Fsp3) is 0.500. The van der Waals surface area contributed by atoms with Gasteiger partial charge in [-0.05, 0) is 37.0 Å². The summed E-state index contributed by atoms with van der Waals surface area (Å²) in [6.07, 6.45) is 0.755. The van der Waals surface area contributed by atoms with Crippen LogP contribution in [0.2, 0.25) is 0 Å². The molecule has 1 saturated heterocycles. The molecule has 23 heavy (non-hydrogen) atoms. The van der Waals surface area contributed by atoms with Crippen molar-refractivity contribution in [1.82, 2.24) is 4.31 Å². The van der Waals surface area contributed by atoms with E-state index < -0.39 is 44.5 Å². The summed E-state index contributed by atoms with van der Waals surface area (Å²) >= 11 is 0. The summed E-state index contributed by atoms with van der Waals surface area (Å²) in [5.74, 6) is -3.84. The molecule has 0 spiro atoms. The van der Waals surface area contributed by atoms with E-state index in [1.165, 1.54) is 0 Å². The Balaban J connectivity index is 2.39. The molecule has 0 aliphatic carbocycles. The Hall–Kier alpha value is -1.58. The number of rotatable bonds is 5. The number of hydrogen-bond acceptors (Lipinski definition) is 4. The number of nitrogens with zero attached hydrogens (tertiary/aromatic N) is 1. The third-order valence-corrected chi connectivity index (χ3v) is 5.76. The highest BCUT2D eigenvalue weighted by molar-refractivity contribution is 7.89. The molecule has 0 aromatic heterocycles. The monoisotopic (exact) mass is 349 g/mol. The van der Waals surface area contributed by atoms with Crippen molar-refractivity contribution in [2.24, 2.45) is 5.92 Å². The zero-order chi connectivity index (χ0) is 17.2. The molecule has 1 fully saturated rings. The Labute approximate surface area is 132 Å². The van der Waals surface area contributed by atoms with Gasteiger partial charge in [0, 0.05) is 20.3 Å². The molecule has 1 aromatic rings. The van der Waals surface area contributed by atoms with E-state index in [1.54, 1.807) is 0 Å². The van der Waals surface area contributed by atoms with Crippen LogP contribution in [0.3, 0.4) is 0 Å². The predicted octanol–water partition coefficient (Wildman–Crippen LogP) is 1.47. The van der Waals surface area contributed by atoms with Crippen LogP contribution in [-0.4, -0.2) is 50.1 Å². The summed E-state index contributed by atoms with van der Waals surface area (Å²) in [6, 6.07) is 0.665. The first kappa shape index (κ1) is 17.8. The standard InChI is InChI=1S/C14H17F2NO5S/c1-17(13(14(18)19)9-4-6-22-7-5-9)23(20,21)12-8-10(15)2-3-11(12)16/h2-3,8-9,13H,4-7H2,1H3,(H,18,19). The van der Waals surface area contributed by atoms with Gasteiger partial charge in [0.15, 0.2) is 0 Å². The van der Waals surface area contributed by atoms with Crippen molar-refractivity contribution in [3.63, 3.8) is 0 Å². The largest absolute Gasteiger partial charge is 0.480 e. The van der Waals surface area contributed by atoms with Crippen molar-refractivity contribution in [3.05, 3.63) is 29.8 Å². The number of carbonyl (C=O) groups is 1. The van der Waals surface area contributed by atoms with Crippen molar-refractivity contribution in [1.29, 1.82) is 0 Å². The Bertz CT molecular complexity index is 688. The highest BCUT2D eigenvalue weighted by Crippen LogP contribution is 2.28. The number of halogens is 2. The van der Waals surface area contributed by atoms with Gasteiger partial charge in [0.05, 0.1) is 0 Å². The van der Waals surface area contributed by atoms with Crippen LogP contribution in [0.4, 0.5) is 8.78 Å². The Morgan fingerprint density at radius 2 is 1.96 bits per heavy atom. The van der Waals surface area contributed by atoms with Gasteiger partial charge < -0.3 is 9.84 Å². The summed E-state index contributed by atoms with van der Waals surface area (Å²) in [6.45, 7) is 0.660. The van der Waals surface area contributed by atoms with Gasteiger partial charge in [0.2, 0.25) is 10.0 Å². The first-order valence-corrected chi connectivity index (χ1v) is 8.43. The van der Waals surface area contributed by atoms with E-state index in [0.717, 1.165) is 13.1 Å². The van der Waals surface area contributed by atoms with Gasteiger partial charge in [-0.15, -0.1) is 0 Å². The quantitative estimate of drug-likeness (QED) is 0.870. The number of benzene rings is 1. The molecular formula is C14H17F2NO5S. The molecule has 9 heteroatoms. The van der Waals surface area contributed by atoms with E-state index in [9.17, 15) is 27.1 Å². The minimum atomic E-state index is -4.49. The van der Waals surface area contributed by atoms with E-state index in [2.05, 4.69) is 0 Å². The third kappa shape index (κ3) is 3.67. The van der Waals surface area contributed by atoms with Gasteiger partial charge in [-0.2, -0.15) is 4.31 Å². The zero-order valence-electron chi connectivity index (χ0n) is 12.4. The highest BCUT2D eigenvalue weighted by atomic mass is 32.2. The number of hydrogen-bond donors (Lipinski definition) is 1. The molecule has 0 amide bonds. The van der Waals surface area contributed by atoms with E-state index in [4.69, 9.17) is 4.74 Å². The van der Waals surface area contributed by atoms with Crippen molar-refractivity contribution >= 4 is 16.0 Å². The fourth-order valence-corrected chi connectivity index (χ4v) is 4.11. The number of ether oxygens (including phenoxy) is 1. The average Bonchev–Trinajstić information content (AvgIpc) is 2.50. The predicted molar refractivity (Wildman–Crippen MR) is 76.3 cm³/mol. The third-order valence-electron chi connectivity index (χ3n) is 3.91. The first-order chi connectivity index (χ1) is 10.7. The molecule has 128 valence electrons. The minimum Gasteiger partial charge on any atom is -0.480 e. The molecule has 1 aliphatic rings. The first-order valence-electron chi connectivity index (χ1n) is 6.99. The lowest BCUT2D eigenvalue weighted by Crippen LogP contribution is -2.48. The summed E-state index contributed by atoms with van der Waals surface area (Å²) < 4.78 is 57.8. The zero-order valence-corrected chi connectivity index (χ0v) is 13.2. The second-order valence-corrected chi connectivity index (χ2v) is 7.29. The Morgan fingerprint density at radius 1 is 1.35 bits per heavy atom. The lowest BCUT2D eigenvalue weighted by atomic mass is 9.92. The van der Waals surface area contributed by atoms with E-state index in [0.29, 0.717) is 42.5 Å². The fourth-order valence-electron chi connectivity index (χ4n) is 2.67. The maximum absolute atomic E-state index is 13.8. The van der Waals surface area contributed by atoms with Crippen molar-refractivity contribution < 1.29 is 31.8 Å². The Kier molecular flexibility index (Phi) is 5.33. The molecule has 6 nitrogen and oxygen atoms in total. The average molecular weight is 349 g/mol. The number of sulfonamides is 1. The van der Waals surface area contributed by atoms with Crippen molar-refractivity contribution in [2.75, 3.05) is 20.3 Å². The van der Waals surface area contributed by atoms with Gasteiger partial charge in [0.1, 0.15) is 22.6 Å². The minimum absolute atomic E-state index is 0.330. The molecule has 1 unspecified atom stereocenters. The SMILES string of the molecule is CN(C(C(=O)O)C1CCOCC1)S(=O)(=O)c1cc(F)ccc1F. The molecule has 1 heterocycles. The second-order valence-electron chi connectivity index (χ2n) is 5.33. The summed E-state index contributed by atoms with van der Waals surface area (Å²) in [4.78, 5) is 10.7. The molecule has 1 N–H and O–H groups in total. The van der Waals surface area contributed by atoms with Crippen LogP contribution in [0.15, 0.2) is 23.1 Å².